The van der Waals surface area contributed by atoms with E-state index in [9.17, 15) is 8.42 Å². The highest BCUT2D eigenvalue weighted by atomic mass is 32.2. The first-order valence-electron chi connectivity index (χ1n) is 12.1. The molecule has 3 aromatic carbocycles. The Kier molecular flexibility index (Phi) is 6.77. The molecule has 192 valence electrons. The fourth-order valence-corrected chi connectivity index (χ4v) is 6.55. The van der Waals surface area contributed by atoms with Crippen LogP contribution in [-0.2, 0) is 14.8 Å². The molecular weight excluding hydrogens is 520 g/mol. The van der Waals surface area contributed by atoms with Crippen molar-refractivity contribution in [1.82, 2.24) is 8.98 Å². The molecule has 0 unspecified atom stereocenters. The SMILES string of the molecule is O=S(=O)(c1ccc(N=c2scc(-c3ccco3)n2N=Cc2cccc3ccccc23)cc1)N1CCOCC1. The zero-order valence-corrected chi connectivity index (χ0v) is 21.9. The van der Waals surface area contributed by atoms with E-state index in [1.165, 1.54) is 15.6 Å². The predicted molar refractivity (Wildman–Crippen MR) is 148 cm³/mol. The van der Waals surface area contributed by atoms with Crippen LogP contribution in [0.15, 0.2) is 110 Å². The molecule has 0 aliphatic carbocycles. The van der Waals surface area contributed by atoms with Crippen LogP contribution in [0.5, 0.6) is 0 Å². The van der Waals surface area contributed by atoms with Crippen molar-refractivity contribution in [1.29, 1.82) is 0 Å². The van der Waals surface area contributed by atoms with Gasteiger partial charge in [-0.05, 0) is 47.2 Å². The van der Waals surface area contributed by atoms with Crippen LogP contribution in [0.1, 0.15) is 5.56 Å². The van der Waals surface area contributed by atoms with Gasteiger partial charge in [0.25, 0.3) is 0 Å². The maximum Gasteiger partial charge on any atom is 0.243 e. The molecule has 5 aromatic rings. The van der Waals surface area contributed by atoms with E-state index in [-0.39, 0.29) is 4.90 Å². The number of nitrogens with zero attached hydrogens (tertiary/aromatic N) is 4. The lowest BCUT2D eigenvalue weighted by atomic mass is 10.1. The first-order valence-corrected chi connectivity index (χ1v) is 14.4. The normalized spacial score (nSPS) is 15.5. The Morgan fingerprint density at radius 3 is 2.47 bits per heavy atom. The molecule has 0 spiro atoms. The lowest BCUT2D eigenvalue weighted by Crippen LogP contribution is -2.40. The average molecular weight is 545 g/mol. The van der Waals surface area contributed by atoms with E-state index in [2.05, 4.69) is 18.2 Å². The van der Waals surface area contributed by atoms with Gasteiger partial charge in [0.2, 0.25) is 14.8 Å². The van der Waals surface area contributed by atoms with Crippen molar-refractivity contribution in [2.45, 2.75) is 4.90 Å². The standard InChI is InChI=1S/C28H24N4O4S2/c33-38(34,31-14-17-35-18-15-31)24-12-10-23(11-13-24)30-28-32(26(20-37-28)27-9-4-16-36-27)29-19-22-7-3-6-21-5-1-2-8-25(21)22/h1-13,16,19-20H,14-15,17-18H2. The van der Waals surface area contributed by atoms with Gasteiger partial charge < -0.3 is 9.15 Å². The highest BCUT2D eigenvalue weighted by Crippen LogP contribution is 2.24. The highest BCUT2D eigenvalue weighted by molar-refractivity contribution is 7.89. The summed E-state index contributed by atoms with van der Waals surface area (Å²) in [7, 11) is -3.57. The van der Waals surface area contributed by atoms with Crippen LogP contribution < -0.4 is 4.80 Å². The number of hydrogen-bond acceptors (Lipinski definition) is 7. The molecular formula is C28H24N4O4S2. The quantitative estimate of drug-likeness (QED) is 0.278. The Morgan fingerprint density at radius 1 is 0.895 bits per heavy atom. The minimum Gasteiger partial charge on any atom is -0.463 e. The molecule has 6 rings (SSSR count). The van der Waals surface area contributed by atoms with Gasteiger partial charge in [0.15, 0.2) is 5.76 Å². The Balaban J connectivity index is 1.38. The van der Waals surface area contributed by atoms with Crippen LogP contribution in [0.25, 0.3) is 22.2 Å². The number of aromatic nitrogens is 1. The number of sulfonamides is 1. The minimum absolute atomic E-state index is 0.239. The maximum absolute atomic E-state index is 13.0. The Hall–Kier alpha value is -3.83. The first-order chi connectivity index (χ1) is 18.6. The molecule has 1 saturated heterocycles. The van der Waals surface area contributed by atoms with E-state index >= 15 is 0 Å². The number of benzene rings is 3. The van der Waals surface area contributed by atoms with Gasteiger partial charge in [-0.25, -0.2) is 18.1 Å². The van der Waals surface area contributed by atoms with E-state index in [1.54, 1.807) is 35.2 Å². The van der Waals surface area contributed by atoms with Gasteiger partial charge in [0.05, 0.1) is 36.3 Å². The molecule has 2 aromatic heterocycles. The number of thiazole rings is 1. The second kappa shape index (κ2) is 10.5. The van der Waals surface area contributed by atoms with Crippen molar-refractivity contribution >= 4 is 44.0 Å². The molecule has 0 atom stereocenters. The first kappa shape index (κ1) is 24.5. The summed E-state index contributed by atoms with van der Waals surface area (Å²) in [6.07, 6.45) is 3.44. The van der Waals surface area contributed by atoms with E-state index in [0.717, 1.165) is 22.0 Å². The van der Waals surface area contributed by atoms with Gasteiger partial charge in [0, 0.05) is 24.0 Å². The molecule has 1 aliphatic rings. The van der Waals surface area contributed by atoms with E-state index in [4.69, 9.17) is 19.2 Å². The molecule has 0 amide bonds. The molecule has 0 radical (unpaired) electrons. The third-order valence-corrected chi connectivity index (χ3v) is 8.99. The van der Waals surface area contributed by atoms with Crippen molar-refractivity contribution in [2.75, 3.05) is 26.3 Å². The Labute approximate surface area is 223 Å². The molecule has 1 aliphatic heterocycles. The third kappa shape index (κ3) is 4.86. The van der Waals surface area contributed by atoms with E-state index in [1.807, 2.05) is 48.0 Å². The molecule has 0 N–H and O–H groups in total. The highest BCUT2D eigenvalue weighted by Gasteiger charge is 2.26. The summed E-state index contributed by atoms with van der Waals surface area (Å²) in [4.78, 5) is 5.64. The molecule has 0 bridgehead atoms. The second-order valence-corrected chi connectivity index (χ2v) is 11.4. The fourth-order valence-electron chi connectivity index (χ4n) is 4.31. The molecule has 38 heavy (non-hydrogen) atoms. The van der Waals surface area contributed by atoms with Crippen molar-refractivity contribution in [3.05, 3.63) is 101 Å². The number of furan rings is 1. The predicted octanol–water partition coefficient (Wildman–Crippen LogP) is 5.10. The van der Waals surface area contributed by atoms with E-state index < -0.39 is 10.0 Å². The second-order valence-electron chi connectivity index (χ2n) is 8.63. The lowest BCUT2D eigenvalue weighted by Gasteiger charge is -2.26. The van der Waals surface area contributed by atoms with Crippen LogP contribution in [0, 0.1) is 0 Å². The van der Waals surface area contributed by atoms with Crippen LogP contribution in [-0.4, -0.2) is 49.9 Å². The summed E-state index contributed by atoms with van der Waals surface area (Å²) >= 11 is 1.42. The van der Waals surface area contributed by atoms with Crippen molar-refractivity contribution in [2.24, 2.45) is 10.1 Å². The molecule has 8 nitrogen and oxygen atoms in total. The van der Waals surface area contributed by atoms with Gasteiger partial charge in [-0.2, -0.15) is 9.41 Å². The Morgan fingerprint density at radius 2 is 1.68 bits per heavy atom. The zero-order valence-electron chi connectivity index (χ0n) is 20.3. The fraction of sp³-hybridized carbons (Fsp3) is 0.143. The van der Waals surface area contributed by atoms with Crippen molar-refractivity contribution in [3.63, 3.8) is 0 Å². The number of ether oxygens (including phenoxy) is 1. The van der Waals surface area contributed by atoms with Crippen LogP contribution in [0.4, 0.5) is 5.69 Å². The smallest absolute Gasteiger partial charge is 0.243 e. The summed E-state index contributed by atoms with van der Waals surface area (Å²) in [5.41, 5.74) is 2.37. The summed E-state index contributed by atoms with van der Waals surface area (Å²) in [5.74, 6) is 0.671. The lowest BCUT2D eigenvalue weighted by molar-refractivity contribution is 0.0730. The van der Waals surface area contributed by atoms with Gasteiger partial charge >= 0.3 is 0 Å². The van der Waals surface area contributed by atoms with Gasteiger partial charge in [0.1, 0.15) is 5.69 Å². The van der Waals surface area contributed by atoms with Gasteiger partial charge in [-0.15, -0.1) is 11.3 Å². The van der Waals surface area contributed by atoms with E-state index in [0.29, 0.717) is 42.6 Å². The van der Waals surface area contributed by atoms with Crippen molar-refractivity contribution in [3.8, 4) is 11.5 Å². The molecule has 1 fully saturated rings. The number of morpholine rings is 1. The summed E-state index contributed by atoms with van der Waals surface area (Å²) in [6, 6.07) is 24.6. The number of hydrogen-bond donors (Lipinski definition) is 0. The number of rotatable bonds is 6. The largest absolute Gasteiger partial charge is 0.463 e. The monoisotopic (exact) mass is 544 g/mol. The van der Waals surface area contributed by atoms with Crippen LogP contribution in [0.2, 0.25) is 0 Å². The third-order valence-electron chi connectivity index (χ3n) is 6.26. The molecule has 10 heteroatoms. The van der Waals surface area contributed by atoms with Crippen molar-refractivity contribution < 1.29 is 17.6 Å². The topological polar surface area (TPSA) is 89.4 Å². The summed E-state index contributed by atoms with van der Waals surface area (Å²) in [6.45, 7) is 1.52. The molecule has 0 saturated carbocycles. The van der Waals surface area contributed by atoms with Gasteiger partial charge in [-0.1, -0.05) is 42.5 Å². The van der Waals surface area contributed by atoms with Crippen LogP contribution >= 0.6 is 11.3 Å². The van der Waals surface area contributed by atoms with Crippen LogP contribution in [0.3, 0.4) is 0 Å². The molecule has 3 heterocycles. The average Bonchev–Trinajstić information content (AvgIpc) is 3.63. The summed E-state index contributed by atoms with van der Waals surface area (Å²) in [5, 5.41) is 8.97. The zero-order chi connectivity index (χ0) is 26.0. The van der Waals surface area contributed by atoms with Gasteiger partial charge in [-0.3, -0.25) is 0 Å². The summed E-state index contributed by atoms with van der Waals surface area (Å²) < 4.78 is 40.1. The minimum atomic E-state index is -3.57. The Bertz CT molecular complexity index is 1760. The maximum atomic E-state index is 13.0. The number of fused-ring (bicyclic) bond motifs is 1.